The average Bonchev–Trinajstić information content (AvgIpc) is 2.95. The van der Waals surface area contributed by atoms with E-state index < -0.39 is 0 Å². The molecule has 7 heteroatoms. The van der Waals surface area contributed by atoms with Crippen LogP contribution in [0.1, 0.15) is 40.4 Å². The monoisotopic (exact) mass is 544 g/mol. The second-order valence-electron chi connectivity index (χ2n) is 9.19. The van der Waals surface area contributed by atoms with E-state index in [1.54, 1.807) is 6.07 Å². The minimum absolute atomic E-state index is 0.0270. The smallest absolute Gasteiger partial charge is 0.254 e. The van der Waals surface area contributed by atoms with Gasteiger partial charge in [0.05, 0.1) is 0 Å². The highest BCUT2D eigenvalue weighted by molar-refractivity contribution is 7.98. The van der Waals surface area contributed by atoms with Crippen LogP contribution in [-0.2, 0) is 18.7 Å². The summed E-state index contributed by atoms with van der Waals surface area (Å²) < 4.78 is 0. The highest BCUT2D eigenvalue weighted by atomic mass is 35.5. The molecule has 4 aromatic rings. The second-order valence-corrected chi connectivity index (χ2v) is 10.5. The maximum atomic E-state index is 13.7. The van der Waals surface area contributed by atoms with Crippen molar-refractivity contribution in [3.05, 3.63) is 118 Å². The lowest BCUT2D eigenvalue weighted by Crippen LogP contribution is -2.32. The molecule has 0 aliphatic heterocycles. The summed E-state index contributed by atoms with van der Waals surface area (Å²) in [7, 11) is 2.00. The van der Waals surface area contributed by atoms with Gasteiger partial charge in [-0.15, -0.1) is 0 Å². The number of thioether (sulfide) groups is 1. The van der Waals surface area contributed by atoms with Gasteiger partial charge in [0.25, 0.3) is 5.91 Å². The van der Waals surface area contributed by atoms with E-state index >= 15 is 0 Å². The van der Waals surface area contributed by atoms with Gasteiger partial charge in [0, 0.05) is 44.1 Å². The van der Waals surface area contributed by atoms with E-state index in [1.165, 1.54) is 17.3 Å². The number of nitrogens with zero attached hydrogens (tertiary/aromatic N) is 4. The molecule has 1 amide bonds. The first-order valence-corrected chi connectivity index (χ1v) is 14.2. The second kappa shape index (κ2) is 14.0. The van der Waals surface area contributed by atoms with Crippen LogP contribution < -0.4 is 4.90 Å². The number of carbonyl (C=O) groups excluding carboxylic acids is 1. The largest absolute Gasteiger partial charge is 0.360 e. The SMILES string of the molecule is CCCN(C)c1cc(Cl)nc(SCc2cccc(C(=O)N(CCc3ccccc3)Cc3ccccc3)c2)n1. The number of hydrogen-bond acceptors (Lipinski definition) is 5. The van der Waals surface area contributed by atoms with Gasteiger partial charge >= 0.3 is 0 Å². The number of halogens is 1. The van der Waals surface area contributed by atoms with Crippen molar-refractivity contribution in [1.29, 1.82) is 0 Å². The zero-order valence-electron chi connectivity index (χ0n) is 21.9. The van der Waals surface area contributed by atoms with Crippen molar-refractivity contribution in [1.82, 2.24) is 14.9 Å². The van der Waals surface area contributed by atoms with Gasteiger partial charge in [-0.3, -0.25) is 4.79 Å². The van der Waals surface area contributed by atoms with Gasteiger partial charge in [-0.1, -0.05) is 103 Å². The van der Waals surface area contributed by atoms with Crippen molar-refractivity contribution >= 4 is 35.1 Å². The first-order chi connectivity index (χ1) is 18.5. The first kappa shape index (κ1) is 27.7. The van der Waals surface area contributed by atoms with Crippen LogP contribution in [0.25, 0.3) is 0 Å². The third kappa shape index (κ3) is 8.07. The third-order valence-electron chi connectivity index (χ3n) is 6.17. The Hall–Kier alpha value is -3.35. The molecule has 0 unspecified atom stereocenters. The van der Waals surface area contributed by atoms with Crippen LogP contribution in [0.4, 0.5) is 5.82 Å². The van der Waals surface area contributed by atoms with Crippen LogP contribution in [0.5, 0.6) is 0 Å². The molecule has 0 radical (unpaired) electrons. The zero-order valence-corrected chi connectivity index (χ0v) is 23.5. The maximum absolute atomic E-state index is 13.7. The summed E-state index contributed by atoms with van der Waals surface area (Å²) in [5.41, 5.74) is 4.05. The summed E-state index contributed by atoms with van der Waals surface area (Å²) in [4.78, 5) is 26.8. The average molecular weight is 545 g/mol. The molecule has 4 rings (SSSR count). The third-order valence-corrected chi connectivity index (χ3v) is 7.28. The number of hydrogen-bond donors (Lipinski definition) is 0. The van der Waals surface area contributed by atoms with E-state index in [0.29, 0.717) is 34.7 Å². The van der Waals surface area contributed by atoms with Crippen molar-refractivity contribution in [2.45, 2.75) is 37.2 Å². The van der Waals surface area contributed by atoms with Crippen molar-refractivity contribution in [3.8, 4) is 0 Å². The summed E-state index contributed by atoms with van der Waals surface area (Å²) in [6, 6.07) is 30.1. The summed E-state index contributed by atoms with van der Waals surface area (Å²) in [6.07, 6.45) is 1.82. The molecule has 0 saturated carbocycles. The standard InChI is InChI=1S/C31H33ClN4OS/c1-3-18-35(2)29-21-28(32)33-31(34-29)38-23-26-15-10-16-27(20-26)30(37)36(22-25-13-8-5-9-14-25)19-17-24-11-6-4-7-12-24/h4-16,20-21H,3,17-19,22-23H2,1-2H3. The van der Waals surface area contributed by atoms with Crippen molar-refractivity contribution < 1.29 is 4.79 Å². The van der Waals surface area contributed by atoms with E-state index in [1.807, 2.05) is 72.6 Å². The predicted molar refractivity (Wildman–Crippen MR) is 158 cm³/mol. The molecule has 1 heterocycles. The molecular formula is C31H33ClN4OS. The van der Waals surface area contributed by atoms with E-state index in [9.17, 15) is 4.79 Å². The lowest BCUT2D eigenvalue weighted by Gasteiger charge is -2.23. The normalized spacial score (nSPS) is 10.8. The summed E-state index contributed by atoms with van der Waals surface area (Å²) in [5.74, 6) is 1.48. The van der Waals surface area contributed by atoms with Gasteiger partial charge in [0.15, 0.2) is 5.16 Å². The Morgan fingerprint density at radius 1 is 0.842 bits per heavy atom. The van der Waals surface area contributed by atoms with Gasteiger partial charge < -0.3 is 9.80 Å². The zero-order chi connectivity index (χ0) is 26.7. The fraction of sp³-hybridized carbons (Fsp3) is 0.258. The van der Waals surface area contributed by atoms with Crippen molar-refractivity contribution in [3.63, 3.8) is 0 Å². The first-order valence-electron chi connectivity index (χ1n) is 12.9. The number of aromatic nitrogens is 2. The highest BCUT2D eigenvalue weighted by Gasteiger charge is 2.17. The van der Waals surface area contributed by atoms with Crippen molar-refractivity contribution in [2.75, 3.05) is 25.0 Å². The molecule has 0 bridgehead atoms. The molecule has 0 aliphatic carbocycles. The van der Waals surface area contributed by atoms with Gasteiger partial charge in [-0.25, -0.2) is 9.97 Å². The lowest BCUT2D eigenvalue weighted by molar-refractivity contribution is 0.0745. The Morgan fingerprint density at radius 2 is 1.53 bits per heavy atom. The summed E-state index contributed by atoms with van der Waals surface area (Å²) >= 11 is 7.79. The van der Waals surface area contributed by atoms with E-state index in [2.05, 4.69) is 46.1 Å². The van der Waals surface area contributed by atoms with Crippen molar-refractivity contribution in [2.24, 2.45) is 0 Å². The number of anilines is 1. The number of amides is 1. The Labute approximate surface area is 234 Å². The number of rotatable bonds is 12. The quantitative estimate of drug-likeness (QED) is 0.108. The van der Waals surface area contributed by atoms with E-state index in [-0.39, 0.29) is 5.91 Å². The van der Waals surface area contributed by atoms with Gasteiger partial charge in [-0.2, -0.15) is 0 Å². The molecular weight excluding hydrogens is 512 g/mol. The minimum Gasteiger partial charge on any atom is -0.360 e. The topological polar surface area (TPSA) is 49.3 Å². The van der Waals surface area contributed by atoms with Crippen LogP contribution in [0.2, 0.25) is 5.15 Å². The molecule has 1 aromatic heterocycles. The van der Waals surface area contributed by atoms with Crippen LogP contribution in [0.15, 0.2) is 96.2 Å². The van der Waals surface area contributed by atoms with Crippen LogP contribution in [0, 0.1) is 0 Å². The molecule has 0 fully saturated rings. The Bertz CT molecular complexity index is 1320. The summed E-state index contributed by atoms with van der Waals surface area (Å²) in [6.45, 7) is 4.23. The Kier molecular flexibility index (Phi) is 10.2. The number of benzene rings is 3. The molecule has 0 atom stereocenters. The fourth-order valence-electron chi connectivity index (χ4n) is 4.19. The van der Waals surface area contributed by atoms with Gasteiger partial charge in [0.1, 0.15) is 11.0 Å². The van der Waals surface area contributed by atoms with E-state index in [0.717, 1.165) is 36.3 Å². The maximum Gasteiger partial charge on any atom is 0.254 e. The molecule has 0 N–H and O–H groups in total. The van der Waals surface area contributed by atoms with Gasteiger partial charge in [0.2, 0.25) is 0 Å². The lowest BCUT2D eigenvalue weighted by atomic mass is 10.1. The predicted octanol–water partition coefficient (Wildman–Crippen LogP) is 7.15. The van der Waals surface area contributed by atoms with Crippen LogP contribution in [-0.4, -0.2) is 40.9 Å². The summed E-state index contributed by atoms with van der Waals surface area (Å²) in [5, 5.41) is 1.06. The highest BCUT2D eigenvalue weighted by Crippen LogP contribution is 2.25. The molecule has 0 aliphatic rings. The van der Waals surface area contributed by atoms with Gasteiger partial charge in [-0.05, 0) is 41.7 Å². The molecule has 5 nitrogen and oxygen atoms in total. The van der Waals surface area contributed by atoms with E-state index in [4.69, 9.17) is 11.6 Å². The minimum atomic E-state index is 0.0270. The number of carbonyl (C=O) groups is 1. The van der Waals surface area contributed by atoms with Crippen LogP contribution in [0.3, 0.4) is 0 Å². The molecule has 0 saturated heterocycles. The molecule has 3 aromatic carbocycles. The Balaban J connectivity index is 1.47. The van der Waals surface area contributed by atoms with Crippen LogP contribution >= 0.6 is 23.4 Å². The Morgan fingerprint density at radius 3 is 2.24 bits per heavy atom. The molecule has 0 spiro atoms. The fourth-order valence-corrected chi connectivity index (χ4v) is 5.21. The molecule has 196 valence electrons. The molecule has 38 heavy (non-hydrogen) atoms.